The van der Waals surface area contributed by atoms with Crippen molar-refractivity contribution in [3.8, 4) is 11.1 Å². The largest absolute Gasteiger partial charge is 0.298 e. The zero-order chi connectivity index (χ0) is 11.4. The van der Waals surface area contributed by atoms with Gasteiger partial charge in [-0.1, -0.05) is 55.5 Å². The van der Waals surface area contributed by atoms with Gasteiger partial charge in [-0.2, -0.15) is 0 Å². The molecular formula is C15H14O. The first-order valence-corrected chi connectivity index (χ1v) is 5.48. The van der Waals surface area contributed by atoms with Crippen LogP contribution in [0.25, 0.3) is 11.1 Å². The van der Waals surface area contributed by atoms with Crippen LogP contribution in [0.4, 0.5) is 0 Å². The molecule has 0 saturated carbocycles. The van der Waals surface area contributed by atoms with E-state index in [2.05, 4.69) is 31.2 Å². The monoisotopic (exact) mass is 210 g/mol. The summed E-state index contributed by atoms with van der Waals surface area (Å²) < 4.78 is 0. The van der Waals surface area contributed by atoms with E-state index >= 15 is 0 Å². The molecule has 0 atom stereocenters. The van der Waals surface area contributed by atoms with Crippen LogP contribution in [0.2, 0.25) is 0 Å². The summed E-state index contributed by atoms with van der Waals surface area (Å²) >= 11 is 0. The zero-order valence-corrected chi connectivity index (χ0v) is 9.31. The maximum Gasteiger partial charge on any atom is 0.150 e. The molecule has 0 N–H and O–H groups in total. The summed E-state index contributed by atoms with van der Waals surface area (Å²) in [7, 11) is 0. The van der Waals surface area contributed by atoms with Crippen molar-refractivity contribution >= 4 is 6.29 Å². The Bertz CT molecular complexity index is 483. The average molecular weight is 210 g/mol. The van der Waals surface area contributed by atoms with Gasteiger partial charge in [0.05, 0.1) is 0 Å². The highest BCUT2D eigenvalue weighted by molar-refractivity contribution is 5.87. The van der Waals surface area contributed by atoms with Crippen molar-refractivity contribution in [2.45, 2.75) is 13.3 Å². The Labute approximate surface area is 95.7 Å². The second kappa shape index (κ2) is 4.75. The molecule has 0 saturated heterocycles. The molecule has 0 amide bonds. The molecule has 2 aromatic carbocycles. The lowest BCUT2D eigenvalue weighted by Gasteiger charge is -2.05. The highest BCUT2D eigenvalue weighted by Gasteiger charge is 2.02. The number of aldehydes is 1. The van der Waals surface area contributed by atoms with Gasteiger partial charge in [0, 0.05) is 5.56 Å². The predicted octanol–water partition coefficient (Wildman–Crippen LogP) is 3.73. The van der Waals surface area contributed by atoms with Crippen LogP contribution in [0.3, 0.4) is 0 Å². The van der Waals surface area contributed by atoms with Gasteiger partial charge in [0.2, 0.25) is 0 Å². The first-order chi connectivity index (χ1) is 7.85. The number of hydrogen-bond donors (Lipinski definition) is 0. The van der Waals surface area contributed by atoms with Crippen LogP contribution < -0.4 is 0 Å². The summed E-state index contributed by atoms with van der Waals surface area (Å²) in [6.07, 6.45) is 1.94. The lowest BCUT2D eigenvalue weighted by Crippen LogP contribution is -1.87. The third-order valence-corrected chi connectivity index (χ3v) is 2.76. The Balaban J connectivity index is 2.46. The molecule has 0 spiro atoms. The number of benzene rings is 2. The van der Waals surface area contributed by atoms with Gasteiger partial charge >= 0.3 is 0 Å². The van der Waals surface area contributed by atoms with Crippen LogP contribution in [0.5, 0.6) is 0 Å². The Kier molecular flexibility index (Phi) is 3.16. The Morgan fingerprint density at radius 2 is 1.69 bits per heavy atom. The van der Waals surface area contributed by atoms with E-state index in [9.17, 15) is 4.79 Å². The van der Waals surface area contributed by atoms with Crippen LogP contribution >= 0.6 is 0 Å². The van der Waals surface area contributed by atoms with Gasteiger partial charge in [-0.05, 0) is 23.1 Å². The fourth-order valence-electron chi connectivity index (χ4n) is 1.78. The number of rotatable bonds is 3. The third kappa shape index (κ3) is 2.03. The Morgan fingerprint density at radius 1 is 1.00 bits per heavy atom. The van der Waals surface area contributed by atoms with E-state index in [0.717, 1.165) is 29.4 Å². The molecule has 1 nitrogen and oxygen atoms in total. The van der Waals surface area contributed by atoms with Gasteiger partial charge in [0.1, 0.15) is 0 Å². The van der Waals surface area contributed by atoms with Crippen molar-refractivity contribution in [2.75, 3.05) is 0 Å². The number of aryl methyl sites for hydroxylation is 1. The minimum absolute atomic E-state index is 0.742. The van der Waals surface area contributed by atoms with Gasteiger partial charge in [-0.15, -0.1) is 0 Å². The Morgan fingerprint density at radius 3 is 2.31 bits per heavy atom. The highest BCUT2D eigenvalue weighted by atomic mass is 16.1. The van der Waals surface area contributed by atoms with E-state index in [4.69, 9.17) is 0 Å². The van der Waals surface area contributed by atoms with E-state index < -0.39 is 0 Å². The summed E-state index contributed by atoms with van der Waals surface area (Å²) in [6.45, 7) is 2.13. The summed E-state index contributed by atoms with van der Waals surface area (Å²) in [6, 6.07) is 16.0. The molecule has 1 heteroatoms. The number of carbonyl (C=O) groups is 1. The van der Waals surface area contributed by atoms with Crippen LogP contribution in [0, 0.1) is 0 Å². The van der Waals surface area contributed by atoms with E-state index in [1.807, 2.05) is 24.3 Å². The standard InChI is InChI=1S/C15H14O/c1-2-12-7-9-13(10-8-12)15-6-4-3-5-14(15)11-16/h3-11H,2H2,1H3. The molecule has 0 aromatic heterocycles. The Hall–Kier alpha value is -1.89. The maximum atomic E-state index is 10.9. The molecule has 80 valence electrons. The minimum Gasteiger partial charge on any atom is -0.298 e. The molecule has 0 bridgehead atoms. The van der Waals surface area contributed by atoms with Gasteiger partial charge in [-0.25, -0.2) is 0 Å². The van der Waals surface area contributed by atoms with Crippen molar-refractivity contribution in [1.29, 1.82) is 0 Å². The normalized spacial score (nSPS) is 10.1. The quantitative estimate of drug-likeness (QED) is 0.705. The molecule has 0 aliphatic heterocycles. The molecule has 0 radical (unpaired) electrons. The van der Waals surface area contributed by atoms with E-state index in [1.54, 1.807) is 0 Å². The summed E-state index contributed by atoms with van der Waals surface area (Å²) in [5.74, 6) is 0. The van der Waals surface area contributed by atoms with Gasteiger partial charge < -0.3 is 0 Å². The lowest BCUT2D eigenvalue weighted by molar-refractivity contribution is 0.112. The number of carbonyl (C=O) groups excluding carboxylic acids is 1. The van der Waals surface area contributed by atoms with Crippen molar-refractivity contribution in [3.05, 3.63) is 59.7 Å². The SMILES string of the molecule is CCc1ccc(-c2ccccc2C=O)cc1. The second-order valence-corrected chi connectivity index (χ2v) is 3.76. The fourth-order valence-corrected chi connectivity index (χ4v) is 1.78. The van der Waals surface area contributed by atoms with Crippen LogP contribution in [0.1, 0.15) is 22.8 Å². The van der Waals surface area contributed by atoms with Gasteiger partial charge in [-0.3, -0.25) is 4.79 Å². The summed E-state index contributed by atoms with van der Waals surface area (Å²) in [4.78, 5) is 10.9. The van der Waals surface area contributed by atoms with Crippen molar-refractivity contribution in [2.24, 2.45) is 0 Å². The van der Waals surface area contributed by atoms with Crippen molar-refractivity contribution in [3.63, 3.8) is 0 Å². The maximum absolute atomic E-state index is 10.9. The molecule has 16 heavy (non-hydrogen) atoms. The minimum atomic E-state index is 0.742. The average Bonchev–Trinajstić information content (AvgIpc) is 2.39. The van der Waals surface area contributed by atoms with Gasteiger partial charge in [0.25, 0.3) is 0 Å². The predicted molar refractivity (Wildman–Crippen MR) is 66.6 cm³/mol. The highest BCUT2D eigenvalue weighted by Crippen LogP contribution is 2.22. The topological polar surface area (TPSA) is 17.1 Å². The molecule has 0 fully saturated rings. The molecule has 0 heterocycles. The fraction of sp³-hybridized carbons (Fsp3) is 0.133. The summed E-state index contributed by atoms with van der Waals surface area (Å²) in [5.41, 5.74) is 4.15. The van der Waals surface area contributed by atoms with Crippen LogP contribution in [0.15, 0.2) is 48.5 Å². The first-order valence-electron chi connectivity index (χ1n) is 5.48. The summed E-state index contributed by atoms with van der Waals surface area (Å²) in [5, 5.41) is 0. The molecule has 0 aliphatic rings. The van der Waals surface area contributed by atoms with Crippen LogP contribution in [-0.4, -0.2) is 6.29 Å². The smallest absolute Gasteiger partial charge is 0.150 e. The van der Waals surface area contributed by atoms with E-state index in [1.165, 1.54) is 5.56 Å². The first kappa shape index (κ1) is 10.6. The van der Waals surface area contributed by atoms with E-state index in [-0.39, 0.29) is 0 Å². The molecular weight excluding hydrogens is 196 g/mol. The van der Waals surface area contributed by atoms with E-state index in [0.29, 0.717) is 0 Å². The van der Waals surface area contributed by atoms with Gasteiger partial charge in [0.15, 0.2) is 6.29 Å². The zero-order valence-electron chi connectivity index (χ0n) is 9.31. The molecule has 2 rings (SSSR count). The molecule has 0 aliphatic carbocycles. The molecule has 2 aromatic rings. The van der Waals surface area contributed by atoms with Crippen molar-refractivity contribution in [1.82, 2.24) is 0 Å². The van der Waals surface area contributed by atoms with Crippen LogP contribution in [-0.2, 0) is 6.42 Å². The third-order valence-electron chi connectivity index (χ3n) is 2.76. The second-order valence-electron chi connectivity index (χ2n) is 3.76. The lowest BCUT2D eigenvalue weighted by atomic mass is 9.99. The van der Waals surface area contributed by atoms with Crippen molar-refractivity contribution < 1.29 is 4.79 Å². The number of hydrogen-bond acceptors (Lipinski definition) is 1. The molecule has 0 unspecified atom stereocenters.